The Bertz CT molecular complexity index is 587. The van der Waals surface area contributed by atoms with Gasteiger partial charge in [0, 0.05) is 12.1 Å². The molecule has 0 atom stereocenters. The highest BCUT2D eigenvalue weighted by Crippen LogP contribution is 2.29. The first-order valence-electron chi connectivity index (χ1n) is 5.79. The highest BCUT2D eigenvalue weighted by molar-refractivity contribution is 5.87. The number of nitrogens with zero attached hydrogens (tertiary/aromatic N) is 1. The Kier molecular flexibility index (Phi) is 3.97. The van der Waals surface area contributed by atoms with Crippen molar-refractivity contribution in [2.24, 2.45) is 0 Å². The molecule has 0 fully saturated rings. The van der Waals surface area contributed by atoms with Crippen LogP contribution in [0.2, 0.25) is 0 Å². The monoisotopic (exact) mass is 259 g/mol. The molecule has 5 nitrogen and oxygen atoms in total. The molecular weight excluding hydrogens is 246 g/mol. The van der Waals surface area contributed by atoms with Gasteiger partial charge in [-0.2, -0.15) is 0 Å². The number of benzene rings is 1. The first-order valence-corrected chi connectivity index (χ1v) is 5.79. The number of phenols is 1. The maximum atomic E-state index is 11.2. The largest absolute Gasteiger partial charge is 0.507 e. The third-order valence-electron chi connectivity index (χ3n) is 2.42. The molecule has 0 aliphatic carbocycles. The summed E-state index contributed by atoms with van der Waals surface area (Å²) in [6.07, 6.45) is 4.44. The lowest BCUT2D eigenvalue weighted by Crippen LogP contribution is -1.98. The molecule has 2 rings (SSSR count). The van der Waals surface area contributed by atoms with Crippen molar-refractivity contribution in [3.05, 3.63) is 42.1 Å². The van der Waals surface area contributed by atoms with Crippen LogP contribution in [0.25, 0.3) is 17.4 Å². The van der Waals surface area contributed by atoms with Gasteiger partial charge in [0.05, 0.1) is 18.4 Å². The van der Waals surface area contributed by atoms with Gasteiger partial charge in [-0.15, -0.1) is 0 Å². The Labute approximate surface area is 110 Å². The predicted octanol–water partition coefficient (Wildman–Crippen LogP) is 2.62. The summed E-state index contributed by atoms with van der Waals surface area (Å²) < 4.78 is 9.78. The van der Waals surface area contributed by atoms with Crippen molar-refractivity contribution < 1.29 is 19.2 Å². The third-order valence-corrected chi connectivity index (χ3v) is 2.42. The number of ether oxygens (including phenoxy) is 1. The first kappa shape index (κ1) is 12.9. The summed E-state index contributed by atoms with van der Waals surface area (Å²) in [5.41, 5.74) is 1.26. The van der Waals surface area contributed by atoms with E-state index < -0.39 is 5.97 Å². The van der Waals surface area contributed by atoms with E-state index in [1.54, 1.807) is 31.2 Å². The zero-order valence-electron chi connectivity index (χ0n) is 10.4. The molecule has 2 aromatic rings. The average molecular weight is 259 g/mol. The van der Waals surface area contributed by atoms with E-state index in [2.05, 4.69) is 5.16 Å². The van der Waals surface area contributed by atoms with Gasteiger partial charge in [-0.1, -0.05) is 11.2 Å². The minimum Gasteiger partial charge on any atom is -0.507 e. The van der Waals surface area contributed by atoms with Crippen LogP contribution < -0.4 is 0 Å². The molecular formula is C14H13NO4. The topological polar surface area (TPSA) is 72.6 Å². The average Bonchev–Trinajstić information content (AvgIpc) is 2.92. The number of esters is 1. The number of hydrogen-bond donors (Lipinski definition) is 1. The molecule has 0 aliphatic rings. The number of rotatable bonds is 4. The Morgan fingerprint density at radius 3 is 3.00 bits per heavy atom. The molecule has 1 aromatic heterocycles. The lowest BCUT2D eigenvalue weighted by Gasteiger charge is -2.02. The number of phenolic OH excluding ortho intramolecular Hbond substituents is 1. The predicted molar refractivity (Wildman–Crippen MR) is 69.3 cm³/mol. The molecule has 5 heteroatoms. The Hall–Kier alpha value is -2.56. The summed E-state index contributed by atoms with van der Waals surface area (Å²) >= 11 is 0. The lowest BCUT2D eigenvalue weighted by atomic mass is 10.1. The number of hydrogen-bond acceptors (Lipinski definition) is 5. The van der Waals surface area contributed by atoms with Crippen LogP contribution in [-0.4, -0.2) is 22.8 Å². The van der Waals surface area contributed by atoms with Crippen LogP contribution in [0.5, 0.6) is 5.75 Å². The summed E-state index contributed by atoms with van der Waals surface area (Å²) in [6, 6.07) is 6.56. The van der Waals surface area contributed by atoms with Crippen LogP contribution >= 0.6 is 0 Å². The highest BCUT2D eigenvalue weighted by atomic mass is 16.5. The molecule has 19 heavy (non-hydrogen) atoms. The highest BCUT2D eigenvalue weighted by Gasteiger charge is 2.08. The van der Waals surface area contributed by atoms with Crippen LogP contribution in [0.15, 0.2) is 41.1 Å². The van der Waals surface area contributed by atoms with E-state index in [0.29, 0.717) is 17.9 Å². The van der Waals surface area contributed by atoms with Crippen LogP contribution in [0.3, 0.4) is 0 Å². The van der Waals surface area contributed by atoms with Crippen LogP contribution in [0.1, 0.15) is 12.5 Å². The van der Waals surface area contributed by atoms with Gasteiger partial charge in [-0.25, -0.2) is 4.79 Å². The SMILES string of the molecule is CCOC(=O)C=Cc1ccc(O)c(-c2ccno2)c1. The quantitative estimate of drug-likeness (QED) is 0.675. The van der Waals surface area contributed by atoms with E-state index in [0.717, 1.165) is 5.56 Å². The molecule has 1 heterocycles. The number of carbonyl (C=O) groups is 1. The zero-order chi connectivity index (χ0) is 13.7. The standard InChI is InChI=1S/C14H13NO4/c1-2-18-14(17)6-4-10-3-5-12(16)11(9-10)13-7-8-15-19-13/h3-9,16H,2H2,1H3. The van der Waals surface area contributed by atoms with Gasteiger partial charge < -0.3 is 14.4 Å². The zero-order valence-corrected chi connectivity index (χ0v) is 10.4. The van der Waals surface area contributed by atoms with Gasteiger partial charge in [0.1, 0.15) is 5.75 Å². The van der Waals surface area contributed by atoms with Gasteiger partial charge in [0.25, 0.3) is 0 Å². The second kappa shape index (κ2) is 5.86. The van der Waals surface area contributed by atoms with E-state index in [1.807, 2.05) is 0 Å². The van der Waals surface area contributed by atoms with Crippen molar-refractivity contribution in [2.45, 2.75) is 6.92 Å². The van der Waals surface area contributed by atoms with Gasteiger partial charge in [-0.05, 0) is 30.7 Å². The van der Waals surface area contributed by atoms with Gasteiger partial charge in [0.15, 0.2) is 5.76 Å². The summed E-state index contributed by atoms with van der Waals surface area (Å²) in [4.78, 5) is 11.2. The van der Waals surface area contributed by atoms with E-state index in [-0.39, 0.29) is 5.75 Å². The van der Waals surface area contributed by atoms with Crippen LogP contribution in [0.4, 0.5) is 0 Å². The molecule has 98 valence electrons. The maximum Gasteiger partial charge on any atom is 0.330 e. The second-order valence-corrected chi connectivity index (χ2v) is 3.74. The van der Waals surface area contributed by atoms with Crippen LogP contribution in [-0.2, 0) is 9.53 Å². The fourth-order valence-corrected chi connectivity index (χ4v) is 1.56. The van der Waals surface area contributed by atoms with Gasteiger partial charge in [-0.3, -0.25) is 0 Å². The molecule has 0 amide bonds. The minimum atomic E-state index is -0.406. The summed E-state index contributed by atoms with van der Waals surface area (Å²) in [6.45, 7) is 2.08. The second-order valence-electron chi connectivity index (χ2n) is 3.74. The Balaban J connectivity index is 2.24. The van der Waals surface area contributed by atoms with Gasteiger partial charge in [0.2, 0.25) is 0 Å². The molecule has 1 N–H and O–H groups in total. The van der Waals surface area contributed by atoms with Crippen molar-refractivity contribution >= 4 is 12.0 Å². The molecule has 0 aliphatic heterocycles. The van der Waals surface area contributed by atoms with Crippen molar-refractivity contribution in [1.29, 1.82) is 0 Å². The lowest BCUT2D eigenvalue weighted by molar-refractivity contribution is -0.137. The minimum absolute atomic E-state index is 0.0880. The van der Waals surface area contributed by atoms with Crippen molar-refractivity contribution in [2.75, 3.05) is 6.61 Å². The van der Waals surface area contributed by atoms with Gasteiger partial charge >= 0.3 is 5.97 Å². The molecule has 1 aromatic carbocycles. The molecule has 0 saturated heterocycles. The summed E-state index contributed by atoms with van der Waals surface area (Å²) in [5, 5.41) is 13.4. The van der Waals surface area contributed by atoms with E-state index in [4.69, 9.17) is 9.26 Å². The number of aromatic nitrogens is 1. The fraction of sp³-hybridized carbons (Fsp3) is 0.143. The maximum absolute atomic E-state index is 11.2. The van der Waals surface area contributed by atoms with Crippen molar-refractivity contribution in [1.82, 2.24) is 5.16 Å². The van der Waals surface area contributed by atoms with E-state index >= 15 is 0 Å². The van der Waals surface area contributed by atoms with E-state index in [9.17, 15) is 9.90 Å². The molecule has 0 radical (unpaired) electrons. The molecule has 0 unspecified atom stereocenters. The smallest absolute Gasteiger partial charge is 0.330 e. The first-order chi connectivity index (χ1) is 9.20. The van der Waals surface area contributed by atoms with Crippen molar-refractivity contribution in [3.63, 3.8) is 0 Å². The molecule has 0 bridgehead atoms. The molecule has 0 saturated carbocycles. The molecule has 0 spiro atoms. The Morgan fingerprint density at radius 2 is 2.32 bits per heavy atom. The number of carbonyl (C=O) groups excluding carboxylic acids is 1. The van der Waals surface area contributed by atoms with E-state index in [1.165, 1.54) is 18.3 Å². The van der Waals surface area contributed by atoms with Crippen LogP contribution in [0, 0.1) is 0 Å². The normalized spacial score (nSPS) is 10.8. The summed E-state index contributed by atoms with van der Waals surface area (Å²) in [7, 11) is 0. The van der Waals surface area contributed by atoms with Crippen molar-refractivity contribution in [3.8, 4) is 17.1 Å². The third kappa shape index (κ3) is 3.22. The summed E-state index contributed by atoms with van der Waals surface area (Å²) in [5.74, 6) is 0.144. The Morgan fingerprint density at radius 1 is 1.47 bits per heavy atom. The number of aromatic hydroxyl groups is 1. The fourth-order valence-electron chi connectivity index (χ4n) is 1.56.